The van der Waals surface area contributed by atoms with Crippen molar-refractivity contribution in [1.82, 2.24) is 9.55 Å². The fourth-order valence-corrected chi connectivity index (χ4v) is 6.43. The van der Waals surface area contributed by atoms with Crippen LogP contribution in [-0.4, -0.2) is 20.6 Å². The van der Waals surface area contributed by atoms with Gasteiger partial charge in [0.15, 0.2) is 5.16 Å². The van der Waals surface area contributed by atoms with Gasteiger partial charge >= 0.3 is 0 Å². The highest BCUT2D eigenvalue weighted by molar-refractivity contribution is 8.00. The van der Waals surface area contributed by atoms with E-state index in [2.05, 4.69) is 0 Å². The quantitative estimate of drug-likeness (QED) is 0.770. The number of aromatic nitrogens is 2. The van der Waals surface area contributed by atoms with Crippen LogP contribution < -0.4 is 5.56 Å². The van der Waals surface area contributed by atoms with E-state index in [0.29, 0.717) is 12.2 Å². The number of ketones is 1. The summed E-state index contributed by atoms with van der Waals surface area (Å²) >= 11 is 3.18. The molecule has 4 nitrogen and oxygen atoms in total. The van der Waals surface area contributed by atoms with Crippen molar-refractivity contribution in [2.24, 2.45) is 0 Å². The van der Waals surface area contributed by atoms with Gasteiger partial charge in [-0.3, -0.25) is 14.2 Å². The third-order valence-corrected chi connectivity index (χ3v) is 7.47. The summed E-state index contributed by atoms with van der Waals surface area (Å²) in [7, 11) is 0. The SMILES string of the molecule is CC(C)n1c(S[C@@H]2CCCCC2=O)nc2sc3c(c2c1=O)CCC3. The summed E-state index contributed by atoms with van der Waals surface area (Å²) < 4.78 is 1.81. The molecule has 0 amide bonds. The highest BCUT2D eigenvalue weighted by Crippen LogP contribution is 2.37. The van der Waals surface area contributed by atoms with Crippen LogP contribution in [0.3, 0.4) is 0 Å². The molecule has 0 N–H and O–H groups in total. The summed E-state index contributed by atoms with van der Waals surface area (Å²) in [5, 5.41) is 1.52. The zero-order chi connectivity index (χ0) is 16.8. The van der Waals surface area contributed by atoms with Crippen molar-refractivity contribution in [2.45, 2.75) is 75.2 Å². The van der Waals surface area contributed by atoms with Crippen LogP contribution in [0.25, 0.3) is 10.2 Å². The van der Waals surface area contributed by atoms with Crippen LogP contribution >= 0.6 is 23.1 Å². The van der Waals surface area contributed by atoms with Crippen molar-refractivity contribution in [3.63, 3.8) is 0 Å². The Labute approximate surface area is 149 Å². The average molecular weight is 363 g/mol. The maximum Gasteiger partial charge on any atom is 0.263 e. The Hall–Kier alpha value is -1.14. The number of hydrogen-bond acceptors (Lipinski definition) is 5. The number of carbonyl (C=O) groups is 1. The number of Topliss-reactive ketones (excluding diaryl/α,β-unsaturated/α-hetero) is 1. The molecule has 1 fully saturated rings. The number of aryl methyl sites for hydroxylation is 2. The van der Waals surface area contributed by atoms with Gasteiger partial charge in [-0.1, -0.05) is 18.2 Å². The number of fused-ring (bicyclic) bond motifs is 3. The molecule has 2 aliphatic carbocycles. The molecule has 2 aromatic heterocycles. The Balaban J connectivity index is 1.84. The second kappa shape index (κ2) is 6.30. The number of rotatable bonds is 3. The normalized spacial score (nSPS) is 21.0. The number of hydrogen-bond donors (Lipinski definition) is 0. The van der Waals surface area contributed by atoms with Crippen LogP contribution in [0.4, 0.5) is 0 Å². The van der Waals surface area contributed by atoms with Gasteiger partial charge in [-0.05, 0) is 51.5 Å². The van der Waals surface area contributed by atoms with E-state index in [4.69, 9.17) is 4.98 Å². The Morgan fingerprint density at radius 1 is 1.17 bits per heavy atom. The molecule has 0 radical (unpaired) electrons. The zero-order valence-corrected chi connectivity index (χ0v) is 15.8. The monoisotopic (exact) mass is 362 g/mol. The van der Waals surface area contributed by atoms with Crippen LogP contribution in [0.2, 0.25) is 0 Å². The number of nitrogens with zero attached hydrogens (tertiary/aromatic N) is 2. The molecule has 24 heavy (non-hydrogen) atoms. The van der Waals surface area contributed by atoms with E-state index in [9.17, 15) is 9.59 Å². The predicted molar refractivity (Wildman–Crippen MR) is 99.4 cm³/mol. The number of carbonyl (C=O) groups excluding carboxylic acids is 1. The summed E-state index contributed by atoms with van der Waals surface area (Å²) in [6.07, 6.45) is 6.86. The molecule has 2 aliphatic rings. The van der Waals surface area contributed by atoms with Gasteiger partial charge < -0.3 is 0 Å². The molecule has 1 atom stereocenters. The molecule has 0 saturated heterocycles. The Morgan fingerprint density at radius 3 is 2.75 bits per heavy atom. The van der Waals surface area contributed by atoms with E-state index in [1.807, 2.05) is 13.8 Å². The van der Waals surface area contributed by atoms with Crippen molar-refractivity contribution >= 4 is 39.1 Å². The van der Waals surface area contributed by atoms with Crippen molar-refractivity contribution in [3.05, 3.63) is 20.8 Å². The Morgan fingerprint density at radius 2 is 2.00 bits per heavy atom. The molecule has 2 aromatic rings. The first-order valence-corrected chi connectivity index (χ1v) is 10.5. The molecule has 2 heterocycles. The standard InChI is InChI=1S/C18H22N2O2S2/c1-10(2)20-17(22)15-11-6-5-9-13(11)23-16(15)19-18(20)24-14-8-4-3-7-12(14)21/h10,14H,3-9H2,1-2H3/t14-/m1/s1. The first kappa shape index (κ1) is 16.3. The van der Waals surface area contributed by atoms with E-state index in [0.717, 1.165) is 53.9 Å². The molecule has 128 valence electrons. The molecule has 1 saturated carbocycles. The summed E-state index contributed by atoms with van der Waals surface area (Å²) in [4.78, 5) is 32.4. The lowest BCUT2D eigenvalue weighted by molar-refractivity contribution is -0.119. The molecule has 0 spiro atoms. The lowest BCUT2D eigenvalue weighted by Gasteiger charge is -2.22. The van der Waals surface area contributed by atoms with Crippen LogP contribution in [-0.2, 0) is 17.6 Å². The molecular weight excluding hydrogens is 340 g/mol. The third-order valence-electron chi connectivity index (χ3n) is 5.00. The Bertz CT molecular complexity index is 866. The molecule has 0 bridgehead atoms. The molecule has 6 heteroatoms. The molecule has 0 unspecified atom stereocenters. The summed E-state index contributed by atoms with van der Waals surface area (Å²) in [5.41, 5.74) is 1.31. The predicted octanol–water partition coefficient (Wildman–Crippen LogP) is 4.13. The average Bonchev–Trinajstić information content (AvgIpc) is 3.09. The minimum atomic E-state index is -0.0418. The van der Waals surface area contributed by atoms with E-state index in [1.165, 1.54) is 22.2 Å². The third kappa shape index (κ3) is 2.64. The van der Waals surface area contributed by atoms with Crippen LogP contribution in [0.1, 0.15) is 62.4 Å². The summed E-state index contributed by atoms with van der Waals surface area (Å²) in [6, 6.07) is 0.0487. The summed E-state index contributed by atoms with van der Waals surface area (Å²) in [6.45, 7) is 4.04. The van der Waals surface area contributed by atoms with Crippen molar-refractivity contribution in [2.75, 3.05) is 0 Å². The van der Waals surface area contributed by atoms with E-state index >= 15 is 0 Å². The van der Waals surface area contributed by atoms with E-state index in [1.54, 1.807) is 15.9 Å². The van der Waals surface area contributed by atoms with E-state index < -0.39 is 0 Å². The van der Waals surface area contributed by atoms with Crippen LogP contribution in [0, 0.1) is 0 Å². The fraction of sp³-hybridized carbons (Fsp3) is 0.611. The van der Waals surface area contributed by atoms with Crippen LogP contribution in [0.5, 0.6) is 0 Å². The van der Waals surface area contributed by atoms with Gasteiger partial charge in [0.25, 0.3) is 5.56 Å². The maximum atomic E-state index is 13.2. The smallest absolute Gasteiger partial charge is 0.263 e. The van der Waals surface area contributed by atoms with Gasteiger partial charge in [0.1, 0.15) is 10.6 Å². The Kier molecular flexibility index (Phi) is 4.29. The summed E-state index contributed by atoms with van der Waals surface area (Å²) in [5.74, 6) is 0.310. The molecular formula is C18H22N2O2S2. The second-order valence-electron chi connectivity index (χ2n) is 7.02. The highest BCUT2D eigenvalue weighted by atomic mass is 32.2. The van der Waals surface area contributed by atoms with Gasteiger partial charge in [0, 0.05) is 17.3 Å². The van der Waals surface area contributed by atoms with Gasteiger partial charge in [-0.15, -0.1) is 11.3 Å². The maximum absolute atomic E-state index is 13.2. The van der Waals surface area contributed by atoms with Crippen molar-refractivity contribution in [1.29, 1.82) is 0 Å². The lowest BCUT2D eigenvalue weighted by atomic mass is 9.99. The second-order valence-corrected chi connectivity index (χ2v) is 9.27. The minimum Gasteiger partial charge on any atom is -0.298 e. The topological polar surface area (TPSA) is 52.0 Å². The first-order valence-electron chi connectivity index (χ1n) is 8.82. The minimum absolute atomic E-state index is 0.0418. The van der Waals surface area contributed by atoms with Gasteiger partial charge in [-0.2, -0.15) is 0 Å². The highest BCUT2D eigenvalue weighted by Gasteiger charge is 2.28. The first-order chi connectivity index (χ1) is 11.6. The number of thiophene rings is 1. The fourth-order valence-electron chi connectivity index (χ4n) is 3.78. The molecule has 0 aromatic carbocycles. The van der Waals surface area contributed by atoms with E-state index in [-0.39, 0.29) is 16.9 Å². The number of thioether (sulfide) groups is 1. The van der Waals surface area contributed by atoms with Crippen molar-refractivity contribution < 1.29 is 4.79 Å². The van der Waals surface area contributed by atoms with Crippen molar-refractivity contribution in [3.8, 4) is 0 Å². The van der Waals surface area contributed by atoms with Gasteiger partial charge in [-0.25, -0.2) is 4.98 Å². The van der Waals surface area contributed by atoms with Gasteiger partial charge in [0.2, 0.25) is 0 Å². The lowest BCUT2D eigenvalue weighted by Crippen LogP contribution is -2.28. The molecule has 4 rings (SSSR count). The molecule has 0 aliphatic heterocycles. The van der Waals surface area contributed by atoms with Gasteiger partial charge in [0.05, 0.1) is 10.6 Å². The zero-order valence-electron chi connectivity index (χ0n) is 14.1. The van der Waals surface area contributed by atoms with Crippen LogP contribution in [0.15, 0.2) is 9.95 Å². The largest absolute Gasteiger partial charge is 0.298 e.